The van der Waals surface area contributed by atoms with Crippen molar-refractivity contribution < 1.29 is 4.74 Å². The Balaban J connectivity index is 0.00000324. The van der Waals surface area contributed by atoms with Crippen molar-refractivity contribution in [3.05, 3.63) is 59.9 Å². The van der Waals surface area contributed by atoms with Gasteiger partial charge < -0.3 is 20.3 Å². The van der Waals surface area contributed by atoms with Crippen LogP contribution in [0.25, 0.3) is 11.4 Å². The first-order valence-electron chi connectivity index (χ1n) is 11.6. The van der Waals surface area contributed by atoms with Crippen LogP contribution in [0.15, 0.2) is 53.5 Å². The van der Waals surface area contributed by atoms with Crippen molar-refractivity contribution in [2.75, 3.05) is 31.6 Å². The van der Waals surface area contributed by atoms with Crippen LogP contribution < -0.4 is 20.3 Å². The Morgan fingerprint density at radius 1 is 1.18 bits per heavy atom. The maximum Gasteiger partial charge on any atom is 0.192 e. The van der Waals surface area contributed by atoms with Gasteiger partial charge in [0.1, 0.15) is 18.1 Å². The van der Waals surface area contributed by atoms with Gasteiger partial charge in [-0.25, -0.2) is 9.98 Å². The van der Waals surface area contributed by atoms with Crippen LogP contribution in [0, 0.1) is 0 Å². The van der Waals surface area contributed by atoms with E-state index in [2.05, 4.69) is 68.8 Å². The number of methoxy groups -OCH3 is 1. The van der Waals surface area contributed by atoms with Crippen molar-refractivity contribution in [2.45, 2.75) is 39.3 Å². The first-order valence-corrected chi connectivity index (χ1v) is 11.6. The molecule has 0 spiro atoms. The van der Waals surface area contributed by atoms with E-state index in [1.165, 1.54) is 24.1 Å². The molecule has 0 aliphatic carbocycles. The van der Waals surface area contributed by atoms with Gasteiger partial charge in [0.15, 0.2) is 11.8 Å². The summed E-state index contributed by atoms with van der Waals surface area (Å²) in [5.74, 6) is 2.91. The monoisotopic (exact) mass is 575 g/mol. The van der Waals surface area contributed by atoms with E-state index < -0.39 is 0 Å². The number of aromatic amines is 1. The lowest BCUT2D eigenvalue weighted by Crippen LogP contribution is -2.38. The number of aromatic nitrogens is 3. The number of halogens is 1. The fraction of sp³-hybridized carbons (Fsp3) is 0.400. The van der Waals surface area contributed by atoms with Crippen LogP contribution in [-0.4, -0.2) is 47.9 Å². The van der Waals surface area contributed by atoms with Crippen LogP contribution in [0.2, 0.25) is 0 Å². The molecule has 1 saturated heterocycles. The number of hydrogen-bond donors (Lipinski definition) is 3. The van der Waals surface area contributed by atoms with Gasteiger partial charge in [-0.2, -0.15) is 5.10 Å². The van der Waals surface area contributed by atoms with Gasteiger partial charge in [0.05, 0.1) is 13.2 Å². The van der Waals surface area contributed by atoms with Crippen LogP contribution in [-0.2, 0) is 6.54 Å². The minimum atomic E-state index is 0. The lowest BCUT2D eigenvalue weighted by Gasteiger charge is -2.22. The van der Waals surface area contributed by atoms with Crippen LogP contribution in [0.3, 0.4) is 0 Å². The summed E-state index contributed by atoms with van der Waals surface area (Å²) in [6, 6.07) is 16.6. The van der Waals surface area contributed by atoms with Crippen molar-refractivity contribution in [3.8, 4) is 17.1 Å². The van der Waals surface area contributed by atoms with Crippen LogP contribution in [0.1, 0.15) is 44.1 Å². The summed E-state index contributed by atoms with van der Waals surface area (Å²) in [5.41, 5.74) is 3.47. The molecule has 1 aliphatic rings. The predicted molar refractivity (Wildman–Crippen MR) is 148 cm³/mol. The number of ether oxygens (including phenoxy) is 1. The number of benzene rings is 2. The third-order valence-corrected chi connectivity index (χ3v) is 5.81. The first-order chi connectivity index (χ1) is 16.2. The van der Waals surface area contributed by atoms with E-state index in [0.29, 0.717) is 18.2 Å². The highest BCUT2D eigenvalue weighted by atomic mass is 127. The van der Waals surface area contributed by atoms with Gasteiger partial charge in [0.25, 0.3) is 0 Å². The third-order valence-electron chi connectivity index (χ3n) is 5.81. The first kappa shape index (κ1) is 25.8. The van der Waals surface area contributed by atoms with Gasteiger partial charge in [-0.05, 0) is 68.7 Å². The molecule has 34 heavy (non-hydrogen) atoms. The van der Waals surface area contributed by atoms with Gasteiger partial charge in [0.2, 0.25) is 0 Å². The van der Waals surface area contributed by atoms with Gasteiger partial charge in [0, 0.05) is 30.9 Å². The summed E-state index contributed by atoms with van der Waals surface area (Å²) in [6.45, 7) is 7.69. The molecule has 182 valence electrons. The summed E-state index contributed by atoms with van der Waals surface area (Å²) in [4.78, 5) is 11.8. The molecule has 2 heterocycles. The van der Waals surface area contributed by atoms with E-state index >= 15 is 0 Å². The number of anilines is 1. The SMILES string of the molecule is CCNC(=NCc1nc(-c2ccc(OC)cc2)n[nH]1)NC(C)c1cccc(N2CCCC2)c1.I. The minimum absolute atomic E-state index is 0. The second kappa shape index (κ2) is 12.6. The van der Waals surface area contributed by atoms with Crippen molar-refractivity contribution in [2.24, 2.45) is 4.99 Å². The highest BCUT2D eigenvalue weighted by molar-refractivity contribution is 14.0. The van der Waals surface area contributed by atoms with E-state index in [-0.39, 0.29) is 30.0 Å². The van der Waals surface area contributed by atoms with Crippen LogP contribution in [0.5, 0.6) is 5.75 Å². The summed E-state index contributed by atoms with van der Waals surface area (Å²) < 4.78 is 5.21. The summed E-state index contributed by atoms with van der Waals surface area (Å²) in [5, 5.41) is 14.2. The van der Waals surface area contributed by atoms with Crippen LogP contribution in [0.4, 0.5) is 5.69 Å². The number of nitrogens with zero attached hydrogens (tertiary/aromatic N) is 4. The molecule has 3 aromatic rings. The summed E-state index contributed by atoms with van der Waals surface area (Å²) in [7, 11) is 1.65. The molecule has 0 amide bonds. The second-order valence-corrected chi connectivity index (χ2v) is 8.18. The van der Waals surface area contributed by atoms with Gasteiger partial charge in [-0.3, -0.25) is 5.10 Å². The Bertz CT molecular complexity index is 1060. The molecule has 4 rings (SSSR count). The van der Waals surface area contributed by atoms with E-state index in [0.717, 1.165) is 36.9 Å². The summed E-state index contributed by atoms with van der Waals surface area (Å²) >= 11 is 0. The molecule has 1 atom stereocenters. The van der Waals surface area contributed by atoms with Crippen LogP contribution >= 0.6 is 24.0 Å². The number of H-pyrrole nitrogens is 1. The third kappa shape index (κ3) is 6.62. The maximum atomic E-state index is 5.21. The standard InChI is InChI=1S/C25H33N7O.HI/c1-4-26-25(28-18(2)20-8-7-9-21(16-20)32-14-5-6-15-32)27-17-23-29-24(31-30-23)19-10-12-22(33-3)13-11-19;/h7-13,16,18H,4-6,14-15,17H2,1-3H3,(H2,26,27,28)(H,29,30,31);1H. The Kier molecular flexibility index (Phi) is 9.55. The van der Waals surface area contributed by atoms with Crippen molar-refractivity contribution >= 4 is 35.6 Å². The highest BCUT2D eigenvalue weighted by Crippen LogP contribution is 2.24. The molecule has 0 radical (unpaired) electrons. The zero-order valence-electron chi connectivity index (χ0n) is 20.0. The van der Waals surface area contributed by atoms with Crippen molar-refractivity contribution in [3.63, 3.8) is 0 Å². The largest absolute Gasteiger partial charge is 0.497 e. The molecule has 8 nitrogen and oxygen atoms in total. The zero-order chi connectivity index (χ0) is 23.0. The fourth-order valence-electron chi connectivity index (χ4n) is 3.96. The second-order valence-electron chi connectivity index (χ2n) is 8.18. The lowest BCUT2D eigenvalue weighted by atomic mass is 10.1. The molecular formula is C25H34IN7O. The minimum Gasteiger partial charge on any atom is -0.497 e. The number of nitrogens with one attached hydrogen (secondary N) is 3. The molecule has 2 aromatic carbocycles. The number of rotatable bonds is 8. The Labute approximate surface area is 218 Å². The van der Waals surface area contributed by atoms with Gasteiger partial charge in [-0.1, -0.05) is 12.1 Å². The lowest BCUT2D eigenvalue weighted by molar-refractivity contribution is 0.415. The molecule has 0 saturated carbocycles. The molecule has 0 bridgehead atoms. The van der Waals surface area contributed by atoms with Crippen molar-refractivity contribution in [1.82, 2.24) is 25.8 Å². The normalized spacial score (nSPS) is 14.4. The maximum absolute atomic E-state index is 5.21. The average Bonchev–Trinajstić information content (AvgIpc) is 3.55. The van der Waals surface area contributed by atoms with E-state index in [4.69, 9.17) is 9.73 Å². The molecule has 3 N–H and O–H groups in total. The van der Waals surface area contributed by atoms with E-state index in [9.17, 15) is 0 Å². The molecular weight excluding hydrogens is 541 g/mol. The van der Waals surface area contributed by atoms with E-state index in [1.807, 2.05) is 24.3 Å². The van der Waals surface area contributed by atoms with Gasteiger partial charge >= 0.3 is 0 Å². The Hall–Kier alpha value is -2.82. The Morgan fingerprint density at radius 3 is 2.65 bits per heavy atom. The smallest absolute Gasteiger partial charge is 0.192 e. The highest BCUT2D eigenvalue weighted by Gasteiger charge is 2.15. The number of aliphatic imine (C=N–C) groups is 1. The average molecular weight is 575 g/mol. The van der Waals surface area contributed by atoms with E-state index in [1.54, 1.807) is 7.11 Å². The molecule has 1 unspecified atom stereocenters. The number of guanidine groups is 1. The predicted octanol–water partition coefficient (Wildman–Crippen LogP) is 4.51. The Morgan fingerprint density at radius 2 is 1.94 bits per heavy atom. The topological polar surface area (TPSA) is 90.5 Å². The molecule has 1 fully saturated rings. The summed E-state index contributed by atoms with van der Waals surface area (Å²) in [6.07, 6.45) is 2.55. The molecule has 1 aromatic heterocycles. The number of hydrogen-bond acceptors (Lipinski definition) is 5. The quantitative estimate of drug-likeness (QED) is 0.208. The van der Waals surface area contributed by atoms with Gasteiger partial charge in [-0.15, -0.1) is 24.0 Å². The fourth-order valence-corrected chi connectivity index (χ4v) is 3.96. The molecule has 1 aliphatic heterocycles. The molecule has 9 heteroatoms. The van der Waals surface area contributed by atoms with Crippen molar-refractivity contribution in [1.29, 1.82) is 0 Å². The zero-order valence-corrected chi connectivity index (χ0v) is 22.4.